The number of methoxy groups -OCH3 is 1. The number of alkyl halides is 3. The van der Waals surface area contributed by atoms with Crippen molar-refractivity contribution < 1.29 is 27.4 Å². The van der Waals surface area contributed by atoms with E-state index in [2.05, 4.69) is 9.97 Å². The molecule has 0 saturated heterocycles. The van der Waals surface area contributed by atoms with Crippen LogP contribution in [0.15, 0.2) is 36.5 Å². The predicted molar refractivity (Wildman–Crippen MR) is 115 cm³/mol. The zero-order valence-electron chi connectivity index (χ0n) is 18.1. The number of fused-ring (bicyclic) bond motifs is 3. The highest BCUT2D eigenvalue weighted by atomic mass is 19.4. The Kier molecular flexibility index (Phi) is 6.22. The summed E-state index contributed by atoms with van der Waals surface area (Å²) in [6.45, 7) is 2.84. The largest absolute Gasteiger partial charge is 0.417 e. The monoisotopic (exact) mass is 460 g/mol. The highest BCUT2D eigenvalue weighted by Gasteiger charge is 2.31. The molecule has 33 heavy (non-hydrogen) atoms. The van der Waals surface area contributed by atoms with Crippen LogP contribution < -0.4 is 5.73 Å². The van der Waals surface area contributed by atoms with Crippen LogP contribution in [-0.4, -0.2) is 40.5 Å². The number of hydrogen-bond donors (Lipinski definition) is 1. The third-order valence-corrected chi connectivity index (χ3v) is 5.66. The lowest BCUT2D eigenvalue weighted by molar-refractivity contribution is -0.137. The molecular weight excluding hydrogens is 437 g/mol. The van der Waals surface area contributed by atoms with E-state index in [1.165, 1.54) is 18.1 Å². The number of carbonyl (C=O) groups excluding carboxylic acids is 1. The van der Waals surface area contributed by atoms with Crippen LogP contribution in [0.2, 0.25) is 0 Å². The number of nitrogens with zero attached hydrogens (tertiary/aromatic N) is 3. The zero-order chi connectivity index (χ0) is 23.8. The lowest BCUT2D eigenvalue weighted by atomic mass is 10.0. The maximum Gasteiger partial charge on any atom is 0.417 e. The van der Waals surface area contributed by atoms with Gasteiger partial charge < -0.3 is 20.1 Å². The number of nitrogen functional groups attached to an aromatic ring is 1. The first-order valence-corrected chi connectivity index (χ1v) is 10.3. The van der Waals surface area contributed by atoms with Crippen LogP contribution in [0.1, 0.15) is 39.7 Å². The van der Waals surface area contributed by atoms with E-state index < -0.39 is 11.7 Å². The van der Waals surface area contributed by atoms with Gasteiger partial charge in [-0.15, -0.1) is 0 Å². The Morgan fingerprint density at radius 1 is 1.24 bits per heavy atom. The molecule has 10 heteroatoms. The fourth-order valence-corrected chi connectivity index (χ4v) is 3.89. The van der Waals surface area contributed by atoms with Gasteiger partial charge in [0.25, 0.3) is 5.91 Å². The van der Waals surface area contributed by atoms with Gasteiger partial charge in [-0.2, -0.15) is 13.2 Å². The summed E-state index contributed by atoms with van der Waals surface area (Å²) in [5.41, 5.74) is 8.33. The Bertz CT molecular complexity index is 1180. The summed E-state index contributed by atoms with van der Waals surface area (Å²) in [6.07, 6.45) is -3.70. The molecule has 174 valence electrons. The van der Waals surface area contributed by atoms with Gasteiger partial charge in [-0.1, -0.05) is 0 Å². The molecule has 1 aliphatic rings. The number of anilines is 1. The maximum absolute atomic E-state index is 13.5. The lowest BCUT2D eigenvalue weighted by Gasteiger charge is -2.29. The number of pyridine rings is 2. The number of hydrogen-bond acceptors (Lipinski definition) is 6. The van der Waals surface area contributed by atoms with Gasteiger partial charge in [0.05, 0.1) is 49.2 Å². The van der Waals surface area contributed by atoms with E-state index in [1.54, 1.807) is 25.1 Å². The molecule has 1 atom stereocenters. The molecule has 1 aromatic carbocycles. The van der Waals surface area contributed by atoms with Crippen molar-refractivity contribution in [2.75, 3.05) is 19.5 Å². The quantitative estimate of drug-likeness (QED) is 0.599. The smallest absolute Gasteiger partial charge is 0.383 e. The van der Waals surface area contributed by atoms with Gasteiger partial charge in [0.2, 0.25) is 0 Å². The fraction of sp³-hybridized carbons (Fsp3) is 0.348. The Balaban J connectivity index is 1.67. The second-order valence-corrected chi connectivity index (χ2v) is 7.95. The summed E-state index contributed by atoms with van der Waals surface area (Å²) >= 11 is 0. The van der Waals surface area contributed by atoms with Gasteiger partial charge in [-0.3, -0.25) is 9.78 Å². The fourth-order valence-electron chi connectivity index (χ4n) is 3.89. The van der Waals surface area contributed by atoms with Crippen molar-refractivity contribution in [3.8, 4) is 0 Å². The highest BCUT2D eigenvalue weighted by Crippen LogP contribution is 2.32. The van der Waals surface area contributed by atoms with Crippen molar-refractivity contribution in [1.29, 1.82) is 0 Å². The second-order valence-electron chi connectivity index (χ2n) is 7.95. The number of ether oxygens (including phenoxy) is 2. The molecule has 2 aromatic heterocycles. The van der Waals surface area contributed by atoms with Crippen molar-refractivity contribution in [3.05, 3.63) is 64.5 Å². The Labute approximate surface area is 188 Å². The van der Waals surface area contributed by atoms with Gasteiger partial charge in [-0.05, 0) is 42.8 Å². The average molecular weight is 460 g/mol. The van der Waals surface area contributed by atoms with Crippen LogP contribution in [0.5, 0.6) is 0 Å². The molecule has 1 aliphatic heterocycles. The number of nitrogens with two attached hydrogens (primary N) is 1. The molecule has 0 saturated carbocycles. The minimum absolute atomic E-state index is 0.0285. The number of amides is 1. The summed E-state index contributed by atoms with van der Waals surface area (Å²) in [7, 11) is 1.52. The van der Waals surface area contributed by atoms with Crippen molar-refractivity contribution in [2.45, 2.75) is 38.9 Å². The second kappa shape index (κ2) is 8.95. The lowest BCUT2D eigenvalue weighted by Crippen LogP contribution is -2.40. The van der Waals surface area contributed by atoms with Crippen LogP contribution in [0.25, 0.3) is 10.9 Å². The van der Waals surface area contributed by atoms with Gasteiger partial charge in [-0.25, -0.2) is 4.98 Å². The number of carbonyl (C=O) groups is 1. The summed E-state index contributed by atoms with van der Waals surface area (Å²) in [5, 5.41) is 0.787. The predicted octanol–water partition coefficient (Wildman–Crippen LogP) is 3.94. The minimum Gasteiger partial charge on any atom is -0.383 e. The van der Waals surface area contributed by atoms with Crippen LogP contribution in [0.4, 0.5) is 19.0 Å². The molecule has 0 aliphatic carbocycles. The van der Waals surface area contributed by atoms with E-state index in [1.807, 2.05) is 0 Å². The number of rotatable bonds is 6. The first-order chi connectivity index (χ1) is 15.7. The molecule has 0 spiro atoms. The molecule has 2 N–H and O–H groups in total. The van der Waals surface area contributed by atoms with Gasteiger partial charge in [0, 0.05) is 29.8 Å². The van der Waals surface area contributed by atoms with Crippen molar-refractivity contribution in [2.24, 2.45) is 0 Å². The first kappa shape index (κ1) is 22.9. The van der Waals surface area contributed by atoms with E-state index in [-0.39, 0.29) is 25.1 Å². The third kappa shape index (κ3) is 4.62. The summed E-state index contributed by atoms with van der Waals surface area (Å²) in [4.78, 5) is 23.3. The molecule has 1 amide bonds. The number of benzene rings is 1. The van der Waals surface area contributed by atoms with Crippen molar-refractivity contribution >= 4 is 22.6 Å². The molecule has 0 fully saturated rings. The molecule has 7 nitrogen and oxygen atoms in total. The van der Waals surface area contributed by atoms with E-state index in [9.17, 15) is 18.0 Å². The van der Waals surface area contributed by atoms with Crippen molar-refractivity contribution in [1.82, 2.24) is 14.9 Å². The molecule has 1 unspecified atom stereocenters. The normalized spacial score (nSPS) is 14.3. The topological polar surface area (TPSA) is 90.6 Å². The highest BCUT2D eigenvalue weighted by molar-refractivity contribution is 5.99. The molecular formula is C23H23F3N4O3. The zero-order valence-corrected chi connectivity index (χ0v) is 18.1. The van der Waals surface area contributed by atoms with Gasteiger partial charge in [0.1, 0.15) is 5.82 Å². The van der Waals surface area contributed by atoms with Gasteiger partial charge >= 0.3 is 6.18 Å². The molecule has 0 bridgehead atoms. The Morgan fingerprint density at radius 2 is 2.00 bits per heavy atom. The Morgan fingerprint density at radius 3 is 2.67 bits per heavy atom. The first-order valence-electron chi connectivity index (χ1n) is 10.3. The summed E-state index contributed by atoms with van der Waals surface area (Å²) in [5.74, 6) is 0.116. The van der Waals surface area contributed by atoms with Crippen molar-refractivity contribution in [3.63, 3.8) is 0 Å². The van der Waals surface area contributed by atoms with E-state index in [0.29, 0.717) is 35.8 Å². The molecule has 3 heterocycles. The number of aromatic nitrogens is 2. The van der Waals surface area contributed by atoms with Crippen LogP contribution in [-0.2, 0) is 35.4 Å². The van der Waals surface area contributed by atoms with Gasteiger partial charge in [0.15, 0.2) is 0 Å². The molecule has 0 radical (unpaired) electrons. The molecule has 3 aromatic rings. The third-order valence-electron chi connectivity index (χ3n) is 5.66. The van der Waals surface area contributed by atoms with E-state index in [0.717, 1.165) is 28.8 Å². The summed E-state index contributed by atoms with van der Waals surface area (Å²) < 4.78 is 49.3. The minimum atomic E-state index is -4.48. The standard InChI is InChI=1S/C23H23F3N4O3/c1-13(10-32-2)30(9-16-5-4-15(8-28-16)23(24,25)26)22(31)14-3-6-20-17(7-14)18-11-33-12-19(18)21(27)29-20/h3-8,13H,9-12H2,1-2H3,(H2,27,29). The summed E-state index contributed by atoms with van der Waals surface area (Å²) in [6, 6.07) is 7.03. The maximum atomic E-state index is 13.5. The average Bonchev–Trinajstić information content (AvgIpc) is 3.28. The van der Waals surface area contributed by atoms with E-state index in [4.69, 9.17) is 15.2 Å². The van der Waals surface area contributed by atoms with E-state index >= 15 is 0 Å². The van der Waals surface area contributed by atoms with Crippen LogP contribution >= 0.6 is 0 Å². The Hall–Kier alpha value is -3.24. The SMILES string of the molecule is COCC(C)N(Cc1ccc(C(F)(F)F)cn1)C(=O)c1ccc2nc(N)c3c(c2c1)COC3. The van der Waals surface area contributed by atoms with Crippen LogP contribution in [0, 0.1) is 0 Å². The molecule has 4 rings (SSSR count). The number of halogens is 3. The van der Waals surface area contributed by atoms with Crippen LogP contribution in [0.3, 0.4) is 0 Å².